The van der Waals surface area contributed by atoms with Gasteiger partial charge in [-0.1, -0.05) is 19.3 Å². The summed E-state index contributed by atoms with van der Waals surface area (Å²) in [7, 11) is 3.51. The Morgan fingerprint density at radius 1 is 1.18 bits per heavy atom. The first-order chi connectivity index (χ1) is 10.1. The summed E-state index contributed by atoms with van der Waals surface area (Å²) in [5.74, 6) is 0.817. The van der Waals surface area contributed by atoms with Crippen molar-refractivity contribution in [3.8, 4) is 0 Å². The van der Waals surface area contributed by atoms with Crippen molar-refractivity contribution >= 4 is 29.9 Å². The molecule has 0 aromatic rings. The Morgan fingerprint density at radius 3 is 2.45 bits per heavy atom. The predicted molar refractivity (Wildman–Crippen MR) is 103 cm³/mol. The highest BCUT2D eigenvalue weighted by Crippen LogP contribution is 2.20. The van der Waals surface area contributed by atoms with Crippen LogP contribution in [0.25, 0.3) is 0 Å². The Morgan fingerprint density at radius 2 is 1.86 bits per heavy atom. The fourth-order valence-electron chi connectivity index (χ4n) is 2.35. The number of hydrogen-bond donors (Lipinski definition) is 2. The molecule has 1 aliphatic rings. The maximum absolute atomic E-state index is 5.91. The van der Waals surface area contributed by atoms with E-state index in [1.54, 1.807) is 14.2 Å². The molecule has 1 saturated carbocycles. The van der Waals surface area contributed by atoms with Crippen LogP contribution in [-0.4, -0.2) is 51.5 Å². The van der Waals surface area contributed by atoms with Gasteiger partial charge in [0.2, 0.25) is 0 Å². The third kappa shape index (κ3) is 9.84. The summed E-state index contributed by atoms with van der Waals surface area (Å²) in [5.41, 5.74) is -0.193. The van der Waals surface area contributed by atoms with E-state index in [1.165, 1.54) is 32.1 Å². The fraction of sp³-hybridized carbons (Fsp3) is 0.938. The fourth-order valence-corrected chi connectivity index (χ4v) is 2.35. The summed E-state index contributed by atoms with van der Waals surface area (Å²) in [6.45, 7) is 6.52. The van der Waals surface area contributed by atoms with Gasteiger partial charge in [0.15, 0.2) is 5.96 Å². The van der Waals surface area contributed by atoms with Crippen molar-refractivity contribution in [2.75, 3.05) is 33.9 Å². The van der Waals surface area contributed by atoms with Gasteiger partial charge in [0.25, 0.3) is 0 Å². The number of rotatable bonds is 8. The van der Waals surface area contributed by atoms with Crippen LogP contribution in [-0.2, 0) is 9.47 Å². The molecule has 0 unspecified atom stereocenters. The molecule has 0 spiro atoms. The highest BCUT2D eigenvalue weighted by Gasteiger charge is 2.16. The third-order valence-corrected chi connectivity index (χ3v) is 3.98. The largest absolute Gasteiger partial charge is 0.378 e. The van der Waals surface area contributed by atoms with Crippen LogP contribution < -0.4 is 10.6 Å². The van der Waals surface area contributed by atoms with Crippen molar-refractivity contribution in [1.82, 2.24) is 10.6 Å². The lowest BCUT2D eigenvalue weighted by Crippen LogP contribution is -2.45. The van der Waals surface area contributed by atoms with Crippen molar-refractivity contribution in [1.29, 1.82) is 0 Å². The van der Waals surface area contributed by atoms with Crippen molar-refractivity contribution in [3.05, 3.63) is 0 Å². The molecule has 0 radical (unpaired) electrons. The van der Waals surface area contributed by atoms with Crippen LogP contribution in [0.4, 0.5) is 0 Å². The van der Waals surface area contributed by atoms with Gasteiger partial charge in [-0.05, 0) is 33.1 Å². The van der Waals surface area contributed by atoms with Crippen LogP contribution in [0.2, 0.25) is 0 Å². The van der Waals surface area contributed by atoms with E-state index in [0.29, 0.717) is 6.10 Å². The second-order valence-corrected chi connectivity index (χ2v) is 6.30. The van der Waals surface area contributed by atoms with E-state index in [0.717, 1.165) is 32.1 Å². The molecule has 0 aromatic heterocycles. The van der Waals surface area contributed by atoms with E-state index in [-0.39, 0.29) is 29.6 Å². The van der Waals surface area contributed by atoms with E-state index in [9.17, 15) is 0 Å². The Bertz CT molecular complexity index is 306. The molecule has 1 fully saturated rings. The molecule has 6 heteroatoms. The molecular formula is C16H34IN3O2. The summed E-state index contributed by atoms with van der Waals surface area (Å²) in [6.07, 6.45) is 8.01. The zero-order chi connectivity index (χ0) is 15.6. The molecule has 0 aromatic carbocycles. The van der Waals surface area contributed by atoms with Crippen molar-refractivity contribution in [2.45, 2.75) is 64.1 Å². The second kappa shape index (κ2) is 12.4. The number of nitrogens with zero attached hydrogens (tertiary/aromatic N) is 1. The molecular weight excluding hydrogens is 393 g/mol. The van der Waals surface area contributed by atoms with Crippen LogP contribution in [0.5, 0.6) is 0 Å². The minimum Gasteiger partial charge on any atom is -0.378 e. The monoisotopic (exact) mass is 427 g/mol. The van der Waals surface area contributed by atoms with Crippen molar-refractivity contribution < 1.29 is 9.47 Å². The molecule has 0 bridgehead atoms. The number of ether oxygens (including phenoxy) is 2. The van der Waals surface area contributed by atoms with E-state index in [1.807, 2.05) is 13.8 Å². The number of halogens is 1. The molecule has 0 heterocycles. The molecule has 2 N–H and O–H groups in total. The van der Waals surface area contributed by atoms with Gasteiger partial charge in [-0.15, -0.1) is 24.0 Å². The number of guanidine groups is 1. The summed E-state index contributed by atoms with van der Waals surface area (Å²) < 4.78 is 11.3. The molecule has 0 atom stereocenters. The van der Waals surface area contributed by atoms with Crippen molar-refractivity contribution in [3.63, 3.8) is 0 Å². The van der Waals surface area contributed by atoms with Gasteiger partial charge in [0.1, 0.15) is 0 Å². The summed E-state index contributed by atoms with van der Waals surface area (Å²) in [4.78, 5) is 4.21. The molecule has 132 valence electrons. The zero-order valence-corrected chi connectivity index (χ0v) is 16.9. The number of methoxy groups -OCH3 is 1. The molecule has 0 saturated heterocycles. The second-order valence-electron chi connectivity index (χ2n) is 6.30. The van der Waals surface area contributed by atoms with Crippen LogP contribution >= 0.6 is 24.0 Å². The molecule has 1 rings (SSSR count). The predicted octanol–water partition coefficient (Wildman–Crippen LogP) is 2.93. The van der Waals surface area contributed by atoms with E-state index >= 15 is 0 Å². The Balaban J connectivity index is 0.00000441. The van der Waals surface area contributed by atoms with Gasteiger partial charge in [-0.3, -0.25) is 4.99 Å². The van der Waals surface area contributed by atoms with Gasteiger partial charge in [-0.2, -0.15) is 0 Å². The minimum atomic E-state index is -0.193. The molecule has 0 aliphatic heterocycles. The maximum Gasteiger partial charge on any atom is 0.191 e. The first-order valence-corrected chi connectivity index (χ1v) is 8.18. The zero-order valence-electron chi connectivity index (χ0n) is 14.6. The van der Waals surface area contributed by atoms with Crippen LogP contribution in [0.15, 0.2) is 4.99 Å². The average Bonchev–Trinajstić information content (AvgIpc) is 2.51. The molecule has 1 aliphatic carbocycles. The van der Waals surface area contributed by atoms with Crippen LogP contribution in [0, 0.1) is 0 Å². The van der Waals surface area contributed by atoms with Crippen LogP contribution in [0.1, 0.15) is 52.4 Å². The number of hydrogen-bond acceptors (Lipinski definition) is 3. The highest BCUT2D eigenvalue weighted by molar-refractivity contribution is 14.0. The standard InChI is InChI=1S/C16H33N3O2.HI/c1-16(2,20-4)13-19-15(17-3)18-11-8-12-21-14-9-6-5-7-10-14;/h14H,5-13H2,1-4H3,(H2,17,18,19);1H. The molecule has 5 nitrogen and oxygen atoms in total. The summed E-state index contributed by atoms with van der Waals surface area (Å²) >= 11 is 0. The Labute approximate surface area is 153 Å². The molecule has 22 heavy (non-hydrogen) atoms. The van der Waals surface area contributed by atoms with E-state index in [4.69, 9.17) is 9.47 Å². The first-order valence-electron chi connectivity index (χ1n) is 8.18. The number of aliphatic imine (C=N–C) groups is 1. The van der Waals surface area contributed by atoms with Crippen molar-refractivity contribution in [2.24, 2.45) is 4.99 Å². The van der Waals surface area contributed by atoms with Gasteiger partial charge in [0.05, 0.1) is 11.7 Å². The summed E-state index contributed by atoms with van der Waals surface area (Å²) in [5, 5.41) is 6.58. The number of nitrogens with one attached hydrogen (secondary N) is 2. The molecule has 0 amide bonds. The summed E-state index contributed by atoms with van der Waals surface area (Å²) in [6, 6.07) is 0. The minimum absolute atomic E-state index is 0. The smallest absolute Gasteiger partial charge is 0.191 e. The lowest BCUT2D eigenvalue weighted by molar-refractivity contribution is 0.0260. The van der Waals surface area contributed by atoms with Gasteiger partial charge in [-0.25, -0.2) is 0 Å². The van der Waals surface area contributed by atoms with E-state index in [2.05, 4.69) is 15.6 Å². The van der Waals surface area contributed by atoms with Gasteiger partial charge in [0, 0.05) is 33.9 Å². The Kier molecular flexibility index (Phi) is 12.3. The Hall–Kier alpha value is -0.0800. The van der Waals surface area contributed by atoms with Gasteiger partial charge >= 0.3 is 0 Å². The maximum atomic E-state index is 5.91. The van der Waals surface area contributed by atoms with E-state index < -0.39 is 0 Å². The normalized spacial score (nSPS) is 17.0. The lowest BCUT2D eigenvalue weighted by Gasteiger charge is -2.24. The topological polar surface area (TPSA) is 54.9 Å². The van der Waals surface area contributed by atoms with Gasteiger partial charge < -0.3 is 20.1 Å². The van der Waals surface area contributed by atoms with Crippen LogP contribution in [0.3, 0.4) is 0 Å². The average molecular weight is 427 g/mol. The first kappa shape index (κ1) is 21.9. The third-order valence-electron chi connectivity index (χ3n) is 3.98. The highest BCUT2D eigenvalue weighted by atomic mass is 127. The SMILES string of the molecule is CN=C(NCCCOC1CCCCC1)NCC(C)(C)OC.I. The quantitative estimate of drug-likeness (QED) is 0.271. The lowest BCUT2D eigenvalue weighted by atomic mass is 9.98.